The zero-order valence-corrected chi connectivity index (χ0v) is 14.6. The molecule has 1 aliphatic carbocycles. The summed E-state index contributed by atoms with van der Waals surface area (Å²) in [6.45, 7) is 7.96. The Morgan fingerprint density at radius 3 is 2.46 bits per heavy atom. The van der Waals surface area contributed by atoms with Gasteiger partial charge in [0, 0.05) is 12.5 Å². The van der Waals surface area contributed by atoms with Crippen LogP contribution in [0.2, 0.25) is 0 Å². The number of aryl methyl sites for hydroxylation is 3. The lowest BCUT2D eigenvalue weighted by atomic mass is 9.65. The van der Waals surface area contributed by atoms with E-state index >= 15 is 0 Å². The van der Waals surface area contributed by atoms with Crippen LogP contribution in [0.4, 0.5) is 0 Å². The van der Waals surface area contributed by atoms with E-state index in [-0.39, 0.29) is 42.2 Å². The van der Waals surface area contributed by atoms with Crippen LogP contribution in [0.3, 0.4) is 0 Å². The molecule has 0 saturated carbocycles. The molecule has 0 spiro atoms. The van der Waals surface area contributed by atoms with E-state index in [1.165, 1.54) is 0 Å². The number of fused-ring (bicyclic) bond motifs is 5. The van der Waals surface area contributed by atoms with Gasteiger partial charge >= 0.3 is 0 Å². The molecule has 2 bridgehead atoms. The first-order chi connectivity index (χ1) is 11.3. The minimum Gasteiger partial charge on any atom is -0.511 e. The third-order valence-corrected chi connectivity index (χ3v) is 6.37. The largest absolute Gasteiger partial charge is 0.511 e. The Morgan fingerprint density at radius 2 is 1.88 bits per heavy atom. The summed E-state index contributed by atoms with van der Waals surface area (Å²) in [6, 6.07) is 4.10. The van der Waals surface area contributed by atoms with Gasteiger partial charge in [0.15, 0.2) is 5.78 Å². The van der Waals surface area contributed by atoms with Crippen LogP contribution in [0.1, 0.15) is 35.6 Å². The first-order valence-electron chi connectivity index (χ1n) is 8.63. The normalized spacial score (nSPS) is 37.5. The quantitative estimate of drug-likeness (QED) is 0.876. The van der Waals surface area contributed by atoms with E-state index in [0.717, 1.165) is 22.3 Å². The van der Waals surface area contributed by atoms with Gasteiger partial charge in [0.1, 0.15) is 5.76 Å². The smallest absolute Gasteiger partial charge is 0.176 e. The molecule has 4 heteroatoms. The summed E-state index contributed by atoms with van der Waals surface area (Å²) in [6.07, 6.45) is 0.201. The second kappa shape index (κ2) is 4.93. The number of hydrogen-bond donors (Lipinski definition) is 2. The molecular weight excluding hydrogens is 304 g/mol. The molecule has 24 heavy (non-hydrogen) atoms. The summed E-state index contributed by atoms with van der Waals surface area (Å²) < 4.78 is 5.98. The highest BCUT2D eigenvalue weighted by Gasteiger charge is 2.69. The van der Waals surface area contributed by atoms with Crippen LogP contribution in [-0.4, -0.2) is 34.8 Å². The van der Waals surface area contributed by atoms with Gasteiger partial charge < -0.3 is 14.9 Å². The SMILES string of the molecule is Cc1cc(C)c(C2=C(O)C3[C@@H]4O[C@@H](CC4CO)[C@]3(C)C2=O)c(C)c1. The lowest BCUT2D eigenvalue weighted by molar-refractivity contribution is -0.125. The minimum absolute atomic E-state index is 0.00240. The number of rotatable bonds is 2. The molecule has 5 atom stereocenters. The minimum atomic E-state index is -0.709. The highest BCUT2D eigenvalue weighted by molar-refractivity contribution is 6.27. The van der Waals surface area contributed by atoms with Crippen molar-refractivity contribution in [2.45, 2.75) is 46.3 Å². The third-order valence-electron chi connectivity index (χ3n) is 6.37. The van der Waals surface area contributed by atoms with E-state index in [4.69, 9.17) is 4.74 Å². The molecule has 0 radical (unpaired) electrons. The predicted molar refractivity (Wildman–Crippen MR) is 90.7 cm³/mol. The Balaban J connectivity index is 1.88. The maximum Gasteiger partial charge on any atom is 0.176 e. The van der Waals surface area contributed by atoms with Crippen molar-refractivity contribution in [2.24, 2.45) is 17.3 Å². The van der Waals surface area contributed by atoms with Crippen molar-refractivity contribution >= 4 is 11.4 Å². The average molecular weight is 328 g/mol. The van der Waals surface area contributed by atoms with Gasteiger partial charge in [-0.15, -0.1) is 0 Å². The molecule has 2 saturated heterocycles. The molecule has 0 aromatic heterocycles. The first kappa shape index (κ1) is 15.9. The van der Waals surface area contributed by atoms with E-state index in [2.05, 4.69) is 0 Å². The molecule has 1 aromatic rings. The number of carbonyl (C=O) groups is 1. The van der Waals surface area contributed by atoms with Crippen LogP contribution >= 0.6 is 0 Å². The summed E-state index contributed by atoms with van der Waals surface area (Å²) in [5.41, 5.74) is 3.79. The van der Waals surface area contributed by atoms with Crippen LogP contribution < -0.4 is 0 Å². The lowest BCUT2D eigenvalue weighted by Gasteiger charge is -2.34. The fraction of sp³-hybridized carbons (Fsp3) is 0.550. The van der Waals surface area contributed by atoms with Gasteiger partial charge in [-0.1, -0.05) is 17.7 Å². The van der Waals surface area contributed by atoms with Gasteiger partial charge in [0.25, 0.3) is 0 Å². The van der Waals surface area contributed by atoms with Gasteiger partial charge in [-0.25, -0.2) is 0 Å². The number of ketones is 1. The summed E-state index contributed by atoms with van der Waals surface area (Å²) >= 11 is 0. The fourth-order valence-corrected chi connectivity index (χ4v) is 5.31. The summed E-state index contributed by atoms with van der Waals surface area (Å²) in [5.74, 6) is -0.189. The number of aliphatic hydroxyl groups is 2. The fourth-order valence-electron chi connectivity index (χ4n) is 5.31. The van der Waals surface area contributed by atoms with E-state index < -0.39 is 5.41 Å². The molecular formula is C20H24O4. The Morgan fingerprint density at radius 1 is 1.25 bits per heavy atom. The van der Waals surface area contributed by atoms with Crippen LogP contribution in [-0.2, 0) is 9.53 Å². The van der Waals surface area contributed by atoms with Crippen molar-refractivity contribution in [3.05, 3.63) is 40.1 Å². The van der Waals surface area contributed by atoms with Gasteiger partial charge in [0.2, 0.25) is 0 Å². The molecule has 0 amide bonds. The summed E-state index contributed by atoms with van der Waals surface area (Å²) in [7, 11) is 0. The van der Waals surface area contributed by atoms with Crippen LogP contribution in [0.5, 0.6) is 0 Å². The molecule has 4 rings (SSSR count). The van der Waals surface area contributed by atoms with Crippen molar-refractivity contribution in [1.82, 2.24) is 0 Å². The molecule has 3 aliphatic rings. The summed E-state index contributed by atoms with van der Waals surface area (Å²) in [5, 5.41) is 20.6. The van der Waals surface area contributed by atoms with Crippen LogP contribution in [0, 0.1) is 38.0 Å². The van der Waals surface area contributed by atoms with Crippen LogP contribution in [0.15, 0.2) is 17.9 Å². The second-order valence-corrected chi connectivity index (χ2v) is 7.89. The first-order valence-corrected chi connectivity index (χ1v) is 8.63. The van der Waals surface area contributed by atoms with E-state index in [1.807, 2.05) is 39.8 Å². The van der Waals surface area contributed by atoms with E-state index in [9.17, 15) is 15.0 Å². The number of aliphatic hydroxyl groups excluding tert-OH is 2. The lowest BCUT2D eigenvalue weighted by Crippen LogP contribution is -2.44. The number of benzene rings is 1. The number of ether oxygens (including phenoxy) is 1. The monoisotopic (exact) mass is 328 g/mol. The van der Waals surface area contributed by atoms with Crippen LogP contribution in [0.25, 0.3) is 5.57 Å². The molecule has 2 fully saturated rings. The predicted octanol–water partition coefficient (Wildman–Crippen LogP) is 2.87. The molecule has 1 aromatic carbocycles. The van der Waals surface area contributed by atoms with Crippen molar-refractivity contribution in [2.75, 3.05) is 6.61 Å². The van der Waals surface area contributed by atoms with Gasteiger partial charge in [-0.05, 0) is 50.8 Å². The second-order valence-electron chi connectivity index (χ2n) is 7.89. The Labute approximate surface area is 142 Å². The maximum absolute atomic E-state index is 13.3. The van der Waals surface area contributed by atoms with E-state index in [1.54, 1.807) is 0 Å². The molecule has 2 heterocycles. The zero-order valence-electron chi connectivity index (χ0n) is 14.6. The zero-order chi connectivity index (χ0) is 17.4. The highest BCUT2D eigenvalue weighted by Crippen LogP contribution is 2.62. The Hall–Kier alpha value is -1.65. The average Bonchev–Trinajstić information content (AvgIpc) is 3.10. The number of hydrogen-bond acceptors (Lipinski definition) is 4. The molecule has 128 valence electrons. The molecule has 2 unspecified atom stereocenters. The Bertz CT molecular complexity index is 755. The number of Topliss-reactive ketones (excluding diaryl/α,β-unsaturated/α-hetero) is 1. The Kier molecular flexibility index (Phi) is 3.26. The van der Waals surface area contributed by atoms with Crippen molar-refractivity contribution < 1.29 is 19.7 Å². The third kappa shape index (κ3) is 1.73. The molecule has 2 N–H and O–H groups in total. The standard InChI is InChI=1S/C20H24O4/c1-9-5-10(2)14(11(3)6-9)15-17(22)16-18-12(8-21)7-13(24-18)20(16,4)19(15)23/h5-6,12-13,16,18,21-22H,7-8H2,1-4H3/t12?,13-,16?,18+,20-/m0/s1. The highest BCUT2D eigenvalue weighted by atomic mass is 16.5. The maximum atomic E-state index is 13.3. The number of allylic oxidation sites excluding steroid dienone is 1. The van der Waals surface area contributed by atoms with Gasteiger partial charge in [-0.3, -0.25) is 4.79 Å². The summed E-state index contributed by atoms with van der Waals surface area (Å²) in [4.78, 5) is 13.3. The topological polar surface area (TPSA) is 66.8 Å². The van der Waals surface area contributed by atoms with Crippen molar-refractivity contribution in [3.8, 4) is 0 Å². The molecule has 4 nitrogen and oxygen atoms in total. The van der Waals surface area contributed by atoms with Gasteiger partial charge in [-0.2, -0.15) is 0 Å². The number of carbonyl (C=O) groups excluding carboxylic acids is 1. The van der Waals surface area contributed by atoms with Gasteiger partial charge in [0.05, 0.1) is 29.1 Å². The van der Waals surface area contributed by atoms with E-state index in [0.29, 0.717) is 12.0 Å². The van der Waals surface area contributed by atoms with Crippen molar-refractivity contribution in [3.63, 3.8) is 0 Å². The van der Waals surface area contributed by atoms with Crippen molar-refractivity contribution in [1.29, 1.82) is 0 Å². The molecule has 2 aliphatic heterocycles.